The minimum atomic E-state index is -1.68. The number of ether oxygens (including phenoxy) is 1. The SMILES string of the molecule is O=C1CCCC2=C1C(CC(=O)c1ccccc1)C(O)(c1ccccc1)O2. The van der Waals surface area contributed by atoms with Crippen LogP contribution in [0.15, 0.2) is 72.0 Å². The van der Waals surface area contributed by atoms with E-state index in [0.29, 0.717) is 41.7 Å². The Hall–Kier alpha value is -2.72. The molecule has 2 aliphatic rings. The van der Waals surface area contributed by atoms with Gasteiger partial charge in [-0.15, -0.1) is 0 Å². The fourth-order valence-electron chi connectivity index (χ4n) is 3.89. The fraction of sp³-hybridized carbons (Fsp3) is 0.273. The van der Waals surface area contributed by atoms with Crippen molar-refractivity contribution in [3.63, 3.8) is 0 Å². The zero-order valence-electron chi connectivity index (χ0n) is 14.4. The molecule has 1 N–H and O–H groups in total. The number of rotatable bonds is 4. The zero-order valence-corrected chi connectivity index (χ0v) is 14.4. The van der Waals surface area contributed by atoms with Crippen LogP contribution in [0.4, 0.5) is 0 Å². The third kappa shape index (κ3) is 2.76. The van der Waals surface area contributed by atoms with Crippen molar-refractivity contribution in [3.8, 4) is 0 Å². The first-order valence-corrected chi connectivity index (χ1v) is 8.91. The van der Waals surface area contributed by atoms with Crippen LogP contribution in [0.3, 0.4) is 0 Å². The van der Waals surface area contributed by atoms with Crippen molar-refractivity contribution in [1.82, 2.24) is 0 Å². The van der Waals surface area contributed by atoms with Crippen LogP contribution >= 0.6 is 0 Å². The molecule has 4 rings (SSSR count). The highest BCUT2D eigenvalue weighted by atomic mass is 16.6. The Bertz CT molecular complexity index is 870. The summed E-state index contributed by atoms with van der Waals surface area (Å²) in [5, 5.41) is 11.4. The Kier molecular flexibility index (Phi) is 4.21. The molecule has 2 aromatic rings. The van der Waals surface area contributed by atoms with Crippen molar-refractivity contribution in [2.75, 3.05) is 0 Å². The normalized spacial score (nSPS) is 25.0. The number of hydrogen-bond donors (Lipinski definition) is 1. The standard InChI is InChI=1S/C22H20O4/c23-18-12-7-13-20-21(18)17(14-19(24)15-8-3-1-4-9-15)22(25,26-20)16-10-5-2-6-11-16/h1-6,8-11,17,25H,7,12-14H2. The van der Waals surface area contributed by atoms with Crippen molar-refractivity contribution in [1.29, 1.82) is 0 Å². The first kappa shape index (κ1) is 16.7. The Morgan fingerprint density at radius 1 is 1.04 bits per heavy atom. The monoisotopic (exact) mass is 348 g/mol. The zero-order chi connectivity index (χ0) is 18.1. The lowest BCUT2D eigenvalue weighted by Gasteiger charge is -2.30. The predicted octanol–water partition coefficient (Wildman–Crippen LogP) is 3.76. The molecule has 1 aliphatic carbocycles. The average molecular weight is 348 g/mol. The van der Waals surface area contributed by atoms with Gasteiger partial charge in [-0.3, -0.25) is 9.59 Å². The van der Waals surface area contributed by atoms with Gasteiger partial charge in [0.15, 0.2) is 11.6 Å². The van der Waals surface area contributed by atoms with E-state index in [1.807, 2.05) is 24.3 Å². The molecule has 0 saturated heterocycles. The number of benzene rings is 2. The number of aliphatic hydroxyl groups is 1. The molecule has 0 aromatic heterocycles. The van der Waals surface area contributed by atoms with Gasteiger partial charge in [-0.2, -0.15) is 0 Å². The quantitative estimate of drug-likeness (QED) is 0.855. The number of hydrogen-bond acceptors (Lipinski definition) is 4. The molecule has 1 aliphatic heterocycles. The molecule has 0 fully saturated rings. The Labute approximate surface area is 152 Å². The van der Waals surface area contributed by atoms with Crippen LogP contribution in [0, 0.1) is 5.92 Å². The summed E-state index contributed by atoms with van der Waals surface area (Å²) in [7, 11) is 0. The van der Waals surface area contributed by atoms with Crippen molar-refractivity contribution in [2.45, 2.75) is 31.5 Å². The van der Waals surface area contributed by atoms with E-state index < -0.39 is 11.7 Å². The molecule has 0 amide bonds. The third-order valence-corrected chi connectivity index (χ3v) is 5.18. The van der Waals surface area contributed by atoms with Crippen molar-refractivity contribution >= 4 is 11.6 Å². The topological polar surface area (TPSA) is 63.6 Å². The van der Waals surface area contributed by atoms with Gasteiger partial charge in [0.25, 0.3) is 0 Å². The van der Waals surface area contributed by atoms with E-state index in [-0.39, 0.29) is 18.0 Å². The Morgan fingerprint density at radius 3 is 2.38 bits per heavy atom. The molecule has 2 unspecified atom stereocenters. The van der Waals surface area contributed by atoms with Gasteiger partial charge in [-0.1, -0.05) is 60.7 Å². The van der Waals surface area contributed by atoms with Crippen LogP contribution in [0.5, 0.6) is 0 Å². The molecule has 132 valence electrons. The molecular formula is C22H20O4. The highest BCUT2D eigenvalue weighted by Gasteiger charge is 2.53. The molecule has 4 heteroatoms. The van der Waals surface area contributed by atoms with Gasteiger partial charge in [0.1, 0.15) is 5.76 Å². The molecular weight excluding hydrogens is 328 g/mol. The lowest BCUT2D eigenvalue weighted by atomic mass is 9.78. The van der Waals surface area contributed by atoms with Crippen LogP contribution < -0.4 is 0 Å². The summed E-state index contributed by atoms with van der Waals surface area (Å²) >= 11 is 0. The Morgan fingerprint density at radius 2 is 1.69 bits per heavy atom. The van der Waals surface area contributed by atoms with E-state index in [9.17, 15) is 14.7 Å². The van der Waals surface area contributed by atoms with Crippen molar-refractivity contribution in [2.24, 2.45) is 5.92 Å². The maximum Gasteiger partial charge on any atom is 0.242 e. The second-order valence-electron chi connectivity index (χ2n) is 6.82. The second-order valence-corrected chi connectivity index (χ2v) is 6.82. The largest absolute Gasteiger partial charge is 0.461 e. The molecule has 0 spiro atoms. The summed E-state index contributed by atoms with van der Waals surface area (Å²) in [5.41, 5.74) is 1.63. The van der Waals surface area contributed by atoms with E-state index >= 15 is 0 Å². The number of ketones is 2. The van der Waals surface area contributed by atoms with Crippen molar-refractivity contribution < 1.29 is 19.4 Å². The Balaban J connectivity index is 1.74. The van der Waals surface area contributed by atoms with Crippen LogP contribution in [-0.4, -0.2) is 16.7 Å². The van der Waals surface area contributed by atoms with Gasteiger partial charge in [0.05, 0.1) is 5.92 Å². The van der Waals surface area contributed by atoms with E-state index in [2.05, 4.69) is 0 Å². The second kappa shape index (κ2) is 6.54. The minimum Gasteiger partial charge on any atom is -0.461 e. The van der Waals surface area contributed by atoms with Gasteiger partial charge >= 0.3 is 0 Å². The first-order valence-electron chi connectivity index (χ1n) is 8.91. The maximum absolute atomic E-state index is 12.8. The van der Waals surface area contributed by atoms with E-state index in [1.165, 1.54) is 0 Å². The summed E-state index contributed by atoms with van der Waals surface area (Å²) in [6.45, 7) is 0. The number of carbonyl (C=O) groups excluding carboxylic acids is 2. The molecule has 0 saturated carbocycles. The first-order chi connectivity index (χ1) is 12.6. The van der Waals surface area contributed by atoms with Gasteiger partial charge in [0, 0.05) is 36.0 Å². The van der Waals surface area contributed by atoms with Crippen LogP contribution in [0.2, 0.25) is 0 Å². The average Bonchev–Trinajstić information content (AvgIpc) is 2.97. The van der Waals surface area contributed by atoms with Crippen LogP contribution in [-0.2, 0) is 15.3 Å². The summed E-state index contributed by atoms with van der Waals surface area (Å²) in [5.74, 6) is -1.97. The lowest BCUT2D eigenvalue weighted by Crippen LogP contribution is -2.36. The lowest BCUT2D eigenvalue weighted by molar-refractivity contribution is -0.197. The van der Waals surface area contributed by atoms with E-state index in [0.717, 1.165) is 0 Å². The smallest absolute Gasteiger partial charge is 0.242 e. The van der Waals surface area contributed by atoms with Gasteiger partial charge in [-0.05, 0) is 6.42 Å². The van der Waals surface area contributed by atoms with Gasteiger partial charge in [-0.25, -0.2) is 0 Å². The summed E-state index contributed by atoms with van der Waals surface area (Å²) < 4.78 is 5.92. The van der Waals surface area contributed by atoms with Crippen molar-refractivity contribution in [3.05, 3.63) is 83.1 Å². The fourth-order valence-corrected chi connectivity index (χ4v) is 3.89. The van der Waals surface area contributed by atoms with Gasteiger partial charge in [0.2, 0.25) is 5.79 Å². The number of carbonyl (C=O) groups is 2. The van der Waals surface area contributed by atoms with E-state index in [4.69, 9.17) is 4.74 Å². The van der Waals surface area contributed by atoms with E-state index in [1.54, 1.807) is 36.4 Å². The molecule has 2 atom stereocenters. The molecule has 0 radical (unpaired) electrons. The van der Waals surface area contributed by atoms with Crippen LogP contribution in [0.25, 0.3) is 0 Å². The maximum atomic E-state index is 12.8. The summed E-state index contributed by atoms with van der Waals surface area (Å²) in [6, 6.07) is 18.0. The molecule has 4 nitrogen and oxygen atoms in total. The molecule has 1 heterocycles. The summed E-state index contributed by atoms with van der Waals surface area (Å²) in [6.07, 6.45) is 1.79. The highest BCUT2D eigenvalue weighted by Crippen LogP contribution is 2.50. The molecule has 2 aromatic carbocycles. The summed E-state index contributed by atoms with van der Waals surface area (Å²) in [4.78, 5) is 25.4. The number of allylic oxidation sites excluding steroid dienone is 1. The molecule has 26 heavy (non-hydrogen) atoms. The minimum absolute atomic E-state index is 0.0241. The predicted molar refractivity (Wildman–Crippen MR) is 96.2 cm³/mol. The number of Topliss-reactive ketones (excluding diaryl/α,β-unsaturated/α-hetero) is 2. The highest BCUT2D eigenvalue weighted by molar-refractivity contribution is 6.01. The van der Waals surface area contributed by atoms with Gasteiger partial charge < -0.3 is 9.84 Å². The van der Waals surface area contributed by atoms with Crippen LogP contribution in [0.1, 0.15) is 41.6 Å². The molecule has 0 bridgehead atoms. The third-order valence-electron chi connectivity index (χ3n) is 5.18.